The quantitative estimate of drug-likeness (QED) is 0.496. The molecule has 0 aromatic carbocycles. The Bertz CT molecular complexity index is 126. The zero-order valence-corrected chi connectivity index (χ0v) is 8.31. The van der Waals surface area contributed by atoms with E-state index in [1.165, 1.54) is 0 Å². The van der Waals surface area contributed by atoms with Crippen LogP contribution >= 0.6 is 11.6 Å². The summed E-state index contributed by atoms with van der Waals surface area (Å²) in [4.78, 5) is 11.1. The van der Waals surface area contributed by atoms with Crippen molar-refractivity contribution in [1.82, 2.24) is 0 Å². The van der Waals surface area contributed by atoms with Crippen LogP contribution in [0, 0.1) is 0 Å². The van der Waals surface area contributed by atoms with Crippen LogP contribution in [-0.2, 0) is 4.79 Å². The molecule has 0 spiro atoms. The second kappa shape index (κ2) is 7.56. The number of carbonyl (C=O) groups is 1. The summed E-state index contributed by atoms with van der Waals surface area (Å²) < 4.78 is 0. The number of Topliss-reactive ketones (excluding diaryl/α,β-unsaturated/α-hetero) is 1. The molecule has 1 atom stereocenters. The van der Waals surface area contributed by atoms with Crippen molar-refractivity contribution in [2.24, 2.45) is 0 Å². The number of ketones is 1. The molecular weight excluding hydrogens is 176 g/mol. The minimum Gasteiger partial charge on any atom is -0.391 e. The molecule has 0 saturated carbocycles. The second-order valence-corrected chi connectivity index (χ2v) is 3.32. The second-order valence-electron chi connectivity index (χ2n) is 3.01. The van der Waals surface area contributed by atoms with E-state index in [1.54, 1.807) is 0 Å². The van der Waals surface area contributed by atoms with Gasteiger partial charge in [-0.3, -0.25) is 4.79 Å². The molecule has 0 aromatic rings. The van der Waals surface area contributed by atoms with Gasteiger partial charge in [-0.15, -0.1) is 11.6 Å². The topological polar surface area (TPSA) is 37.3 Å². The van der Waals surface area contributed by atoms with Crippen LogP contribution in [0.15, 0.2) is 0 Å². The standard InChI is InChI=1S/C9H17ClO2/c1-2-3-4-5-8(11)6-9(12)7-10/h9,12H,2-7H2,1H3/t9-/m0/s1. The number of hydrogen-bond donors (Lipinski definition) is 1. The Morgan fingerprint density at radius 1 is 1.50 bits per heavy atom. The molecule has 0 heterocycles. The lowest BCUT2D eigenvalue weighted by Gasteiger charge is -2.04. The van der Waals surface area contributed by atoms with Crippen LogP contribution in [0.25, 0.3) is 0 Å². The van der Waals surface area contributed by atoms with Crippen molar-refractivity contribution in [3.63, 3.8) is 0 Å². The molecule has 0 unspecified atom stereocenters. The minimum atomic E-state index is -0.652. The van der Waals surface area contributed by atoms with Crippen LogP contribution in [0.2, 0.25) is 0 Å². The van der Waals surface area contributed by atoms with Gasteiger partial charge in [-0.05, 0) is 6.42 Å². The maximum Gasteiger partial charge on any atom is 0.135 e. The summed E-state index contributed by atoms with van der Waals surface area (Å²) in [7, 11) is 0. The van der Waals surface area contributed by atoms with Crippen molar-refractivity contribution in [3.8, 4) is 0 Å². The lowest BCUT2D eigenvalue weighted by molar-refractivity contribution is -0.120. The summed E-state index contributed by atoms with van der Waals surface area (Å²) in [6, 6.07) is 0. The van der Waals surface area contributed by atoms with E-state index in [1.807, 2.05) is 0 Å². The number of aliphatic hydroxyl groups excluding tert-OH is 1. The summed E-state index contributed by atoms with van der Waals surface area (Å²) in [6.45, 7) is 2.10. The summed E-state index contributed by atoms with van der Waals surface area (Å²) in [5.41, 5.74) is 0. The van der Waals surface area contributed by atoms with Crippen LogP contribution in [0.3, 0.4) is 0 Å². The molecule has 0 aliphatic carbocycles. The molecule has 0 fully saturated rings. The Kier molecular flexibility index (Phi) is 7.51. The van der Waals surface area contributed by atoms with Crippen molar-refractivity contribution in [2.75, 3.05) is 5.88 Å². The highest BCUT2D eigenvalue weighted by Gasteiger charge is 2.08. The lowest BCUT2D eigenvalue weighted by atomic mass is 10.1. The SMILES string of the molecule is CCCCCC(=O)C[C@H](O)CCl. The first-order chi connectivity index (χ1) is 5.70. The zero-order chi connectivity index (χ0) is 9.40. The maximum absolute atomic E-state index is 11.1. The Morgan fingerprint density at radius 2 is 2.17 bits per heavy atom. The lowest BCUT2D eigenvalue weighted by Crippen LogP contribution is -2.14. The van der Waals surface area contributed by atoms with E-state index in [9.17, 15) is 4.79 Å². The van der Waals surface area contributed by atoms with Gasteiger partial charge in [0.15, 0.2) is 0 Å². The molecule has 0 aromatic heterocycles. The van der Waals surface area contributed by atoms with E-state index in [4.69, 9.17) is 16.7 Å². The van der Waals surface area contributed by atoms with E-state index >= 15 is 0 Å². The molecular formula is C9H17ClO2. The Hall–Kier alpha value is -0.0800. The van der Waals surface area contributed by atoms with E-state index in [-0.39, 0.29) is 18.1 Å². The highest BCUT2D eigenvalue weighted by atomic mass is 35.5. The number of unbranched alkanes of at least 4 members (excludes halogenated alkanes) is 2. The first kappa shape index (κ1) is 11.9. The van der Waals surface area contributed by atoms with Crippen LogP contribution in [-0.4, -0.2) is 22.9 Å². The van der Waals surface area contributed by atoms with Gasteiger partial charge in [0.2, 0.25) is 0 Å². The highest BCUT2D eigenvalue weighted by molar-refractivity contribution is 6.18. The van der Waals surface area contributed by atoms with Gasteiger partial charge in [0, 0.05) is 18.7 Å². The summed E-state index contributed by atoms with van der Waals surface area (Å²) in [6.07, 6.45) is 3.29. The largest absolute Gasteiger partial charge is 0.391 e. The molecule has 0 amide bonds. The summed E-state index contributed by atoms with van der Waals surface area (Å²) in [5, 5.41) is 9.03. The van der Waals surface area contributed by atoms with Crippen molar-refractivity contribution >= 4 is 17.4 Å². The number of hydrogen-bond acceptors (Lipinski definition) is 2. The van der Waals surface area contributed by atoms with Gasteiger partial charge in [0.1, 0.15) is 5.78 Å². The molecule has 1 N–H and O–H groups in total. The number of rotatable bonds is 7. The maximum atomic E-state index is 11.1. The van der Waals surface area contributed by atoms with Crippen molar-refractivity contribution in [2.45, 2.75) is 45.1 Å². The first-order valence-electron chi connectivity index (χ1n) is 4.46. The van der Waals surface area contributed by atoms with Gasteiger partial charge in [0.05, 0.1) is 6.10 Å². The Balaban J connectivity index is 3.33. The fraction of sp³-hybridized carbons (Fsp3) is 0.889. The fourth-order valence-electron chi connectivity index (χ4n) is 0.992. The normalized spacial score (nSPS) is 12.9. The molecule has 0 rings (SSSR count). The zero-order valence-electron chi connectivity index (χ0n) is 7.55. The number of alkyl halides is 1. The van der Waals surface area contributed by atoms with Gasteiger partial charge in [0.25, 0.3) is 0 Å². The average Bonchev–Trinajstić information content (AvgIpc) is 2.05. The number of halogens is 1. The van der Waals surface area contributed by atoms with E-state index in [0.29, 0.717) is 6.42 Å². The monoisotopic (exact) mass is 192 g/mol. The van der Waals surface area contributed by atoms with Crippen LogP contribution in [0.5, 0.6) is 0 Å². The molecule has 12 heavy (non-hydrogen) atoms. The van der Waals surface area contributed by atoms with Crippen molar-refractivity contribution in [1.29, 1.82) is 0 Å². The summed E-state index contributed by atoms with van der Waals surface area (Å²) >= 11 is 5.36. The summed E-state index contributed by atoms with van der Waals surface area (Å²) in [5.74, 6) is 0.274. The molecule has 3 heteroatoms. The van der Waals surface area contributed by atoms with E-state index in [2.05, 4.69) is 6.92 Å². The minimum absolute atomic E-state index is 0.122. The van der Waals surface area contributed by atoms with Crippen LogP contribution in [0.4, 0.5) is 0 Å². The third-order valence-corrected chi connectivity index (χ3v) is 2.06. The van der Waals surface area contributed by atoms with Crippen molar-refractivity contribution in [3.05, 3.63) is 0 Å². The molecule has 0 bridgehead atoms. The van der Waals surface area contributed by atoms with Crippen LogP contribution < -0.4 is 0 Å². The van der Waals surface area contributed by atoms with E-state index in [0.717, 1.165) is 19.3 Å². The van der Waals surface area contributed by atoms with Gasteiger partial charge in [-0.25, -0.2) is 0 Å². The molecule has 0 saturated heterocycles. The third-order valence-electron chi connectivity index (χ3n) is 1.70. The predicted molar refractivity (Wildman–Crippen MR) is 50.5 cm³/mol. The van der Waals surface area contributed by atoms with Gasteiger partial charge >= 0.3 is 0 Å². The van der Waals surface area contributed by atoms with Crippen molar-refractivity contribution < 1.29 is 9.90 Å². The average molecular weight is 193 g/mol. The highest BCUT2D eigenvalue weighted by Crippen LogP contribution is 2.04. The Labute approximate surface area is 78.9 Å². The van der Waals surface area contributed by atoms with Crippen LogP contribution in [0.1, 0.15) is 39.0 Å². The molecule has 0 radical (unpaired) electrons. The smallest absolute Gasteiger partial charge is 0.135 e. The number of carbonyl (C=O) groups excluding carboxylic acids is 1. The van der Waals surface area contributed by atoms with Gasteiger partial charge in [-0.2, -0.15) is 0 Å². The third kappa shape index (κ3) is 6.62. The molecule has 0 aliphatic heterocycles. The molecule has 2 nitrogen and oxygen atoms in total. The molecule has 0 aliphatic rings. The predicted octanol–water partition coefficient (Wildman–Crippen LogP) is 2.13. The van der Waals surface area contributed by atoms with E-state index < -0.39 is 6.10 Å². The van der Waals surface area contributed by atoms with Gasteiger partial charge < -0.3 is 5.11 Å². The first-order valence-corrected chi connectivity index (χ1v) is 4.99. The Morgan fingerprint density at radius 3 is 2.67 bits per heavy atom. The fourth-order valence-corrected chi connectivity index (χ4v) is 1.10. The molecule has 72 valence electrons. The number of aliphatic hydroxyl groups is 1. The van der Waals surface area contributed by atoms with Gasteiger partial charge in [-0.1, -0.05) is 19.8 Å².